The van der Waals surface area contributed by atoms with E-state index in [2.05, 4.69) is 15.2 Å². The second-order valence-corrected chi connectivity index (χ2v) is 5.58. The van der Waals surface area contributed by atoms with Gasteiger partial charge in [-0.05, 0) is 29.8 Å². The summed E-state index contributed by atoms with van der Waals surface area (Å²) in [6, 6.07) is 10.3. The summed E-state index contributed by atoms with van der Waals surface area (Å²) in [6.45, 7) is 0. The standard InChI is InChI=1S/C16H12ClF3N4/c17-12-6-5-10(7-13(12)21)15-22-14(23-24-15)8-9-3-1-2-4-11(9)16(18,19)20/h1-7H,8,21H2,(H,22,23,24). The number of hydrogen-bond donors (Lipinski definition) is 2. The van der Waals surface area contributed by atoms with E-state index in [0.717, 1.165) is 6.07 Å². The number of aromatic nitrogens is 3. The second kappa shape index (κ2) is 6.16. The zero-order valence-electron chi connectivity index (χ0n) is 12.2. The van der Waals surface area contributed by atoms with Gasteiger partial charge in [-0.2, -0.15) is 18.3 Å². The molecule has 0 atom stereocenters. The van der Waals surface area contributed by atoms with E-state index in [1.54, 1.807) is 24.3 Å². The Labute approximate surface area is 140 Å². The maximum absolute atomic E-state index is 13.0. The Morgan fingerprint density at radius 1 is 1.12 bits per heavy atom. The molecule has 4 nitrogen and oxygen atoms in total. The van der Waals surface area contributed by atoms with Gasteiger partial charge in [0.2, 0.25) is 0 Å². The number of aromatic amines is 1. The Kier molecular flexibility index (Phi) is 4.19. The van der Waals surface area contributed by atoms with E-state index >= 15 is 0 Å². The van der Waals surface area contributed by atoms with Gasteiger partial charge in [0, 0.05) is 12.0 Å². The number of halogens is 4. The number of nitrogens with zero attached hydrogens (tertiary/aromatic N) is 2. The van der Waals surface area contributed by atoms with Gasteiger partial charge in [0.15, 0.2) is 5.82 Å². The smallest absolute Gasteiger partial charge is 0.398 e. The number of nitrogens with two attached hydrogens (primary N) is 1. The second-order valence-electron chi connectivity index (χ2n) is 5.17. The highest BCUT2D eigenvalue weighted by atomic mass is 35.5. The Morgan fingerprint density at radius 3 is 2.58 bits per heavy atom. The fraction of sp³-hybridized carbons (Fsp3) is 0.125. The Hall–Kier alpha value is -2.54. The molecule has 8 heteroatoms. The first-order valence-electron chi connectivity index (χ1n) is 6.96. The van der Waals surface area contributed by atoms with E-state index in [0.29, 0.717) is 27.9 Å². The summed E-state index contributed by atoms with van der Waals surface area (Å²) in [7, 11) is 0. The lowest BCUT2D eigenvalue weighted by atomic mass is 10.0. The molecule has 3 N–H and O–H groups in total. The lowest BCUT2D eigenvalue weighted by Gasteiger charge is -2.11. The van der Waals surface area contributed by atoms with Gasteiger partial charge in [-0.15, -0.1) is 0 Å². The molecule has 3 aromatic rings. The average molecular weight is 353 g/mol. The van der Waals surface area contributed by atoms with Crippen molar-refractivity contribution in [1.82, 2.24) is 15.2 Å². The summed E-state index contributed by atoms with van der Waals surface area (Å²) < 4.78 is 39.1. The quantitative estimate of drug-likeness (QED) is 0.690. The van der Waals surface area contributed by atoms with Crippen LogP contribution in [0.15, 0.2) is 42.5 Å². The minimum absolute atomic E-state index is 0.00818. The fourth-order valence-corrected chi connectivity index (χ4v) is 2.44. The lowest BCUT2D eigenvalue weighted by molar-refractivity contribution is -0.138. The zero-order valence-corrected chi connectivity index (χ0v) is 13.0. The maximum Gasteiger partial charge on any atom is 0.416 e. The molecule has 0 spiro atoms. The predicted molar refractivity (Wildman–Crippen MR) is 85.5 cm³/mol. The lowest BCUT2D eigenvalue weighted by Crippen LogP contribution is -2.09. The van der Waals surface area contributed by atoms with Crippen LogP contribution in [0.3, 0.4) is 0 Å². The first-order valence-corrected chi connectivity index (χ1v) is 7.34. The number of H-pyrrole nitrogens is 1. The van der Waals surface area contributed by atoms with Crippen LogP contribution in [0, 0.1) is 0 Å². The number of benzene rings is 2. The molecule has 0 unspecified atom stereocenters. The van der Waals surface area contributed by atoms with E-state index in [4.69, 9.17) is 17.3 Å². The number of alkyl halides is 3. The van der Waals surface area contributed by atoms with Crippen LogP contribution >= 0.6 is 11.6 Å². The first-order chi connectivity index (χ1) is 11.3. The van der Waals surface area contributed by atoms with Crippen molar-refractivity contribution in [3.63, 3.8) is 0 Å². The van der Waals surface area contributed by atoms with Crippen LogP contribution in [0.25, 0.3) is 11.4 Å². The third kappa shape index (κ3) is 3.35. The largest absolute Gasteiger partial charge is 0.416 e. The van der Waals surface area contributed by atoms with Gasteiger partial charge in [-0.25, -0.2) is 4.98 Å². The fourth-order valence-electron chi connectivity index (χ4n) is 2.32. The van der Waals surface area contributed by atoms with Crippen LogP contribution in [0.1, 0.15) is 17.0 Å². The summed E-state index contributed by atoms with van der Waals surface area (Å²) in [5.74, 6) is 0.674. The Bertz CT molecular complexity index is 874. The molecule has 1 aromatic heterocycles. The highest BCUT2D eigenvalue weighted by molar-refractivity contribution is 6.33. The molecule has 0 saturated heterocycles. The minimum atomic E-state index is -4.41. The molecule has 124 valence electrons. The molecule has 0 amide bonds. The molecule has 24 heavy (non-hydrogen) atoms. The average Bonchev–Trinajstić information content (AvgIpc) is 2.98. The van der Waals surface area contributed by atoms with Gasteiger partial charge >= 0.3 is 6.18 Å². The van der Waals surface area contributed by atoms with Crippen LogP contribution < -0.4 is 5.73 Å². The van der Waals surface area contributed by atoms with Crippen molar-refractivity contribution in [2.45, 2.75) is 12.6 Å². The number of nitrogen functional groups attached to an aromatic ring is 1. The van der Waals surface area contributed by atoms with Crippen LogP contribution in [-0.2, 0) is 12.6 Å². The van der Waals surface area contributed by atoms with Crippen molar-refractivity contribution in [1.29, 1.82) is 0 Å². The van der Waals surface area contributed by atoms with Gasteiger partial charge in [-0.1, -0.05) is 29.8 Å². The summed E-state index contributed by atoms with van der Waals surface area (Å²) >= 11 is 5.86. The monoisotopic (exact) mass is 352 g/mol. The van der Waals surface area contributed by atoms with Gasteiger partial charge in [0.05, 0.1) is 16.3 Å². The molecule has 0 fully saturated rings. The van der Waals surface area contributed by atoms with Crippen molar-refractivity contribution < 1.29 is 13.2 Å². The van der Waals surface area contributed by atoms with Gasteiger partial charge in [-0.3, -0.25) is 5.10 Å². The van der Waals surface area contributed by atoms with E-state index in [1.807, 2.05) is 0 Å². The topological polar surface area (TPSA) is 67.6 Å². The predicted octanol–water partition coefficient (Wildman–Crippen LogP) is 4.32. The molecular formula is C16H12ClF3N4. The van der Waals surface area contributed by atoms with Crippen molar-refractivity contribution >= 4 is 17.3 Å². The SMILES string of the molecule is Nc1cc(-c2n[nH]c(Cc3ccccc3C(F)(F)F)n2)ccc1Cl. The van der Waals surface area contributed by atoms with E-state index in [9.17, 15) is 13.2 Å². The first kappa shape index (κ1) is 16.3. The number of rotatable bonds is 3. The van der Waals surface area contributed by atoms with Crippen LogP contribution in [-0.4, -0.2) is 15.2 Å². The van der Waals surface area contributed by atoms with E-state index in [-0.39, 0.29) is 12.0 Å². The summed E-state index contributed by atoms with van der Waals surface area (Å²) in [5.41, 5.74) is 6.19. The molecule has 3 rings (SSSR count). The molecule has 0 aliphatic carbocycles. The van der Waals surface area contributed by atoms with Crippen LogP contribution in [0.5, 0.6) is 0 Å². The third-order valence-electron chi connectivity index (χ3n) is 3.47. The molecule has 0 bridgehead atoms. The van der Waals surface area contributed by atoms with Crippen molar-refractivity contribution in [3.05, 3.63) is 64.4 Å². The molecule has 0 aliphatic rings. The van der Waals surface area contributed by atoms with Crippen molar-refractivity contribution in [2.24, 2.45) is 0 Å². The zero-order chi connectivity index (χ0) is 17.3. The molecule has 0 radical (unpaired) electrons. The minimum Gasteiger partial charge on any atom is -0.398 e. The molecule has 1 heterocycles. The van der Waals surface area contributed by atoms with Gasteiger partial charge in [0.1, 0.15) is 5.82 Å². The normalized spacial score (nSPS) is 11.7. The molecule has 0 aliphatic heterocycles. The third-order valence-corrected chi connectivity index (χ3v) is 3.81. The number of anilines is 1. The van der Waals surface area contributed by atoms with Crippen LogP contribution in [0.4, 0.5) is 18.9 Å². The molecule has 2 aromatic carbocycles. The highest BCUT2D eigenvalue weighted by Crippen LogP contribution is 2.32. The highest BCUT2D eigenvalue weighted by Gasteiger charge is 2.33. The van der Waals surface area contributed by atoms with Crippen LogP contribution in [0.2, 0.25) is 5.02 Å². The molecule has 0 saturated carbocycles. The van der Waals surface area contributed by atoms with Crippen molar-refractivity contribution in [2.75, 3.05) is 5.73 Å². The number of hydrogen-bond acceptors (Lipinski definition) is 3. The summed E-state index contributed by atoms with van der Waals surface area (Å²) in [5, 5.41) is 7.10. The maximum atomic E-state index is 13.0. The van der Waals surface area contributed by atoms with E-state index < -0.39 is 11.7 Å². The number of nitrogens with one attached hydrogen (secondary N) is 1. The summed E-state index contributed by atoms with van der Waals surface area (Å²) in [6.07, 6.45) is -4.42. The Balaban J connectivity index is 1.89. The van der Waals surface area contributed by atoms with E-state index in [1.165, 1.54) is 12.1 Å². The van der Waals surface area contributed by atoms with Gasteiger partial charge in [0.25, 0.3) is 0 Å². The molecular weight excluding hydrogens is 341 g/mol. The summed E-state index contributed by atoms with van der Waals surface area (Å²) in [4.78, 5) is 4.24. The van der Waals surface area contributed by atoms with Gasteiger partial charge < -0.3 is 5.73 Å². The Morgan fingerprint density at radius 2 is 1.88 bits per heavy atom. The van der Waals surface area contributed by atoms with Crippen molar-refractivity contribution in [3.8, 4) is 11.4 Å².